The molecule has 0 saturated carbocycles. The molecule has 1 aromatic heterocycles. The summed E-state index contributed by atoms with van der Waals surface area (Å²) in [4.78, 5) is 17.7. The van der Waals surface area contributed by atoms with Crippen LogP contribution in [0.3, 0.4) is 0 Å². The van der Waals surface area contributed by atoms with E-state index < -0.39 is 0 Å². The average molecular weight is 241 g/mol. The van der Waals surface area contributed by atoms with E-state index in [0.29, 0.717) is 11.3 Å². The number of rotatable bonds is 2. The van der Waals surface area contributed by atoms with Crippen LogP contribution in [-0.4, -0.2) is 17.9 Å². The van der Waals surface area contributed by atoms with Crippen LogP contribution in [0, 0.1) is 6.92 Å². The van der Waals surface area contributed by atoms with Crippen LogP contribution in [-0.2, 0) is 0 Å². The topological polar surface area (TPSA) is 59.2 Å². The third kappa shape index (κ3) is 2.32. The summed E-state index contributed by atoms with van der Waals surface area (Å²) in [6.45, 7) is 2.00. The fourth-order valence-electron chi connectivity index (χ4n) is 1.65. The summed E-state index contributed by atoms with van der Waals surface area (Å²) in [5, 5.41) is 0. The molecule has 0 aliphatic heterocycles. The standard InChI is InChI=1S/C14H15N3O/c1-10-3-5-11(6-4-10)17(2)14(18)12-9-16-8-7-13(12)15/h3-9H,1-2H3,(H2,15,16). The largest absolute Gasteiger partial charge is 0.398 e. The molecule has 1 amide bonds. The highest BCUT2D eigenvalue weighted by molar-refractivity contribution is 6.08. The maximum Gasteiger partial charge on any atom is 0.261 e. The highest BCUT2D eigenvalue weighted by Crippen LogP contribution is 2.18. The highest BCUT2D eigenvalue weighted by atomic mass is 16.2. The van der Waals surface area contributed by atoms with Crippen molar-refractivity contribution < 1.29 is 4.79 Å². The Kier molecular flexibility index (Phi) is 3.28. The first-order chi connectivity index (χ1) is 8.59. The molecule has 18 heavy (non-hydrogen) atoms. The highest BCUT2D eigenvalue weighted by Gasteiger charge is 2.15. The molecule has 1 heterocycles. The van der Waals surface area contributed by atoms with Gasteiger partial charge in [0.1, 0.15) is 0 Å². The van der Waals surface area contributed by atoms with E-state index in [-0.39, 0.29) is 5.91 Å². The van der Waals surface area contributed by atoms with Gasteiger partial charge < -0.3 is 10.6 Å². The predicted molar refractivity (Wildman–Crippen MR) is 72.6 cm³/mol. The number of nitrogens with zero attached hydrogens (tertiary/aromatic N) is 2. The maximum absolute atomic E-state index is 12.3. The summed E-state index contributed by atoms with van der Waals surface area (Å²) in [5.74, 6) is -0.163. The van der Waals surface area contributed by atoms with Gasteiger partial charge in [0.2, 0.25) is 0 Å². The number of benzene rings is 1. The molecule has 1 aromatic carbocycles. The van der Waals surface area contributed by atoms with E-state index in [4.69, 9.17) is 5.73 Å². The predicted octanol–water partition coefficient (Wildman–Crippen LogP) is 2.25. The molecule has 92 valence electrons. The number of pyridine rings is 1. The molecular formula is C14H15N3O. The van der Waals surface area contributed by atoms with E-state index in [0.717, 1.165) is 11.3 Å². The molecule has 0 unspecified atom stereocenters. The number of amides is 1. The lowest BCUT2D eigenvalue weighted by Gasteiger charge is -2.18. The molecule has 4 nitrogen and oxygen atoms in total. The first-order valence-corrected chi connectivity index (χ1v) is 5.64. The number of carbonyl (C=O) groups is 1. The van der Waals surface area contributed by atoms with Crippen LogP contribution in [0.4, 0.5) is 11.4 Å². The van der Waals surface area contributed by atoms with Crippen LogP contribution in [0.15, 0.2) is 42.7 Å². The van der Waals surface area contributed by atoms with Crippen LogP contribution in [0.5, 0.6) is 0 Å². The summed E-state index contributed by atoms with van der Waals surface area (Å²) in [6.07, 6.45) is 3.06. The molecule has 0 spiro atoms. The Morgan fingerprint density at radius 1 is 1.22 bits per heavy atom. The van der Waals surface area contributed by atoms with E-state index in [1.165, 1.54) is 6.20 Å². The zero-order valence-corrected chi connectivity index (χ0v) is 10.4. The second-order valence-electron chi connectivity index (χ2n) is 4.16. The maximum atomic E-state index is 12.3. The number of hydrogen-bond acceptors (Lipinski definition) is 3. The monoisotopic (exact) mass is 241 g/mol. The molecule has 2 aromatic rings. The number of carbonyl (C=O) groups excluding carboxylic acids is 1. The fourth-order valence-corrected chi connectivity index (χ4v) is 1.65. The van der Waals surface area contributed by atoms with Crippen molar-refractivity contribution in [2.24, 2.45) is 0 Å². The average Bonchev–Trinajstić information content (AvgIpc) is 2.38. The van der Waals surface area contributed by atoms with Gasteiger partial charge >= 0.3 is 0 Å². The number of aromatic nitrogens is 1. The molecule has 0 aliphatic rings. The van der Waals surface area contributed by atoms with Gasteiger partial charge in [-0.15, -0.1) is 0 Å². The van der Waals surface area contributed by atoms with E-state index in [1.54, 1.807) is 24.2 Å². The Hall–Kier alpha value is -2.36. The number of anilines is 2. The molecule has 0 fully saturated rings. The number of nitrogens with two attached hydrogens (primary N) is 1. The SMILES string of the molecule is Cc1ccc(N(C)C(=O)c2cnccc2N)cc1. The first kappa shape index (κ1) is 12.1. The van der Waals surface area contributed by atoms with Crippen molar-refractivity contribution in [1.82, 2.24) is 4.98 Å². The lowest BCUT2D eigenvalue weighted by Crippen LogP contribution is -2.27. The van der Waals surface area contributed by atoms with Crippen molar-refractivity contribution in [3.05, 3.63) is 53.9 Å². The van der Waals surface area contributed by atoms with Crippen LogP contribution in [0.2, 0.25) is 0 Å². The van der Waals surface area contributed by atoms with Gasteiger partial charge in [0.25, 0.3) is 5.91 Å². The van der Waals surface area contributed by atoms with Crippen LogP contribution < -0.4 is 10.6 Å². The van der Waals surface area contributed by atoms with Crippen molar-refractivity contribution in [2.75, 3.05) is 17.7 Å². The van der Waals surface area contributed by atoms with Crippen molar-refractivity contribution in [3.8, 4) is 0 Å². The third-order valence-electron chi connectivity index (χ3n) is 2.81. The van der Waals surface area contributed by atoms with Crippen LogP contribution in [0.25, 0.3) is 0 Å². The van der Waals surface area contributed by atoms with Crippen molar-refractivity contribution in [3.63, 3.8) is 0 Å². The summed E-state index contributed by atoms with van der Waals surface area (Å²) in [5.41, 5.74) is 8.61. The minimum atomic E-state index is -0.163. The number of hydrogen-bond donors (Lipinski definition) is 1. The van der Waals surface area contributed by atoms with E-state index in [1.807, 2.05) is 31.2 Å². The molecule has 0 radical (unpaired) electrons. The molecule has 0 saturated heterocycles. The van der Waals surface area contributed by atoms with Gasteiger partial charge in [0.05, 0.1) is 5.56 Å². The second kappa shape index (κ2) is 4.87. The Morgan fingerprint density at radius 2 is 1.89 bits per heavy atom. The second-order valence-corrected chi connectivity index (χ2v) is 4.16. The van der Waals surface area contributed by atoms with Gasteiger partial charge in [-0.1, -0.05) is 17.7 Å². The molecule has 2 N–H and O–H groups in total. The molecule has 2 rings (SSSR count). The third-order valence-corrected chi connectivity index (χ3v) is 2.81. The zero-order chi connectivity index (χ0) is 13.1. The van der Waals surface area contributed by atoms with Gasteiger partial charge in [-0.25, -0.2) is 0 Å². The number of aryl methyl sites for hydroxylation is 1. The minimum Gasteiger partial charge on any atom is -0.398 e. The Balaban J connectivity index is 2.29. The van der Waals surface area contributed by atoms with E-state index in [9.17, 15) is 4.79 Å². The van der Waals surface area contributed by atoms with Crippen molar-refractivity contribution >= 4 is 17.3 Å². The van der Waals surface area contributed by atoms with E-state index in [2.05, 4.69) is 4.98 Å². The van der Waals surface area contributed by atoms with Gasteiger partial charge in [-0.2, -0.15) is 0 Å². The fraction of sp³-hybridized carbons (Fsp3) is 0.143. The van der Waals surface area contributed by atoms with Crippen LogP contribution >= 0.6 is 0 Å². The zero-order valence-electron chi connectivity index (χ0n) is 10.4. The van der Waals surface area contributed by atoms with Crippen molar-refractivity contribution in [2.45, 2.75) is 6.92 Å². The summed E-state index contributed by atoms with van der Waals surface area (Å²) < 4.78 is 0. The summed E-state index contributed by atoms with van der Waals surface area (Å²) in [6, 6.07) is 9.35. The molecule has 0 atom stereocenters. The Bertz CT molecular complexity index is 564. The molecule has 0 bridgehead atoms. The summed E-state index contributed by atoms with van der Waals surface area (Å²) in [7, 11) is 1.72. The van der Waals surface area contributed by atoms with Gasteiger partial charge in [0.15, 0.2) is 0 Å². The van der Waals surface area contributed by atoms with E-state index >= 15 is 0 Å². The molecule has 4 heteroatoms. The lowest BCUT2D eigenvalue weighted by molar-refractivity contribution is 0.0993. The number of nitrogen functional groups attached to an aromatic ring is 1. The Labute approximate surface area is 106 Å². The molecular weight excluding hydrogens is 226 g/mol. The normalized spacial score (nSPS) is 10.1. The van der Waals surface area contributed by atoms with Gasteiger partial charge in [-0.3, -0.25) is 9.78 Å². The lowest BCUT2D eigenvalue weighted by atomic mass is 10.2. The van der Waals surface area contributed by atoms with Crippen LogP contribution in [0.1, 0.15) is 15.9 Å². The minimum absolute atomic E-state index is 0.163. The Morgan fingerprint density at radius 3 is 2.50 bits per heavy atom. The summed E-state index contributed by atoms with van der Waals surface area (Å²) >= 11 is 0. The van der Waals surface area contributed by atoms with Gasteiger partial charge in [-0.05, 0) is 25.1 Å². The van der Waals surface area contributed by atoms with Gasteiger partial charge in [0, 0.05) is 30.8 Å². The smallest absolute Gasteiger partial charge is 0.261 e. The first-order valence-electron chi connectivity index (χ1n) is 5.64. The molecule has 0 aliphatic carbocycles. The van der Waals surface area contributed by atoms with Crippen molar-refractivity contribution in [1.29, 1.82) is 0 Å². The quantitative estimate of drug-likeness (QED) is 0.877.